The zero-order chi connectivity index (χ0) is 24.8. The zero-order valence-electron chi connectivity index (χ0n) is 19.3. The monoisotopic (exact) mass is 494 g/mol. The first kappa shape index (κ1) is 24.3. The van der Waals surface area contributed by atoms with Crippen molar-refractivity contribution in [1.29, 1.82) is 0 Å². The number of anilines is 2. The van der Waals surface area contributed by atoms with Gasteiger partial charge in [0.1, 0.15) is 17.3 Å². The SMILES string of the molecule is Cc1ccc(NC(=O)Cc2nc(COC(=O)C3CCN(c4ccccc4[N+](=O)[O-])CC3)cs2)cc1. The van der Waals surface area contributed by atoms with Gasteiger partial charge in [0.25, 0.3) is 5.69 Å². The molecule has 4 rings (SSSR count). The van der Waals surface area contributed by atoms with Crippen molar-refractivity contribution in [3.8, 4) is 0 Å². The molecule has 3 aromatic rings. The molecule has 1 saturated heterocycles. The van der Waals surface area contributed by atoms with Gasteiger partial charge in [-0.2, -0.15) is 0 Å². The first-order chi connectivity index (χ1) is 16.9. The van der Waals surface area contributed by atoms with E-state index in [0.29, 0.717) is 42.3 Å². The molecule has 2 aromatic carbocycles. The number of carbonyl (C=O) groups is 2. The summed E-state index contributed by atoms with van der Waals surface area (Å²) in [5.41, 5.74) is 3.11. The molecule has 2 heterocycles. The molecule has 0 radical (unpaired) electrons. The van der Waals surface area contributed by atoms with E-state index in [1.807, 2.05) is 36.1 Å². The number of ether oxygens (including phenoxy) is 1. The summed E-state index contributed by atoms with van der Waals surface area (Å²) in [5.74, 6) is -0.705. The number of aryl methyl sites for hydroxylation is 1. The molecule has 9 nitrogen and oxygen atoms in total. The zero-order valence-corrected chi connectivity index (χ0v) is 20.1. The number of benzene rings is 2. The van der Waals surface area contributed by atoms with Gasteiger partial charge >= 0.3 is 5.97 Å². The fourth-order valence-electron chi connectivity index (χ4n) is 3.98. The third kappa shape index (κ3) is 6.42. The van der Waals surface area contributed by atoms with E-state index in [0.717, 1.165) is 11.3 Å². The van der Waals surface area contributed by atoms with Crippen molar-refractivity contribution in [3.63, 3.8) is 0 Å². The predicted octanol–water partition coefficient (Wildman–Crippen LogP) is 4.50. The number of hydrogen-bond donors (Lipinski definition) is 1. The predicted molar refractivity (Wildman–Crippen MR) is 133 cm³/mol. The smallest absolute Gasteiger partial charge is 0.309 e. The highest BCUT2D eigenvalue weighted by atomic mass is 32.1. The number of nitrogens with one attached hydrogen (secondary N) is 1. The Bertz CT molecular complexity index is 1200. The van der Waals surface area contributed by atoms with E-state index in [1.165, 1.54) is 17.4 Å². The van der Waals surface area contributed by atoms with Crippen LogP contribution in [0.25, 0.3) is 0 Å². The van der Waals surface area contributed by atoms with Crippen molar-refractivity contribution in [3.05, 3.63) is 80.3 Å². The second-order valence-corrected chi connectivity index (χ2v) is 9.38. The summed E-state index contributed by atoms with van der Waals surface area (Å²) in [6, 6.07) is 14.2. The van der Waals surface area contributed by atoms with E-state index in [-0.39, 0.29) is 41.4 Å². The number of amides is 1. The molecule has 1 N–H and O–H groups in total. The molecule has 1 amide bonds. The number of esters is 1. The fourth-order valence-corrected chi connectivity index (χ4v) is 4.76. The molecule has 35 heavy (non-hydrogen) atoms. The lowest BCUT2D eigenvalue weighted by molar-refractivity contribution is -0.384. The topological polar surface area (TPSA) is 115 Å². The Balaban J connectivity index is 1.23. The van der Waals surface area contributed by atoms with Crippen molar-refractivity contribution in [2.45, 2.75) is 32.8 Å². The van der Waals surface area contributed by atoms with Crippen LogP contribution in [0.3, 0.4) is 0 Å². The molecule has 0 aliphatic carbocycles. The maximum Gasteiger partial charge on any atom is 0.309 e. The van der Waals surface area contributed by atoms with Gasteiger partial charge in [-0.1, -0.05) is 29.8 Å². The van der Waals surface area contributed by atoms with Gasteiger partial charge in [-0.3, -0.25) is 19.7 Å². The van der Waals surface area contributed by atoms with Crippen LogP contribution in [-0.4, -0.2) is 34.9 Å². The largest absolute Gasteiger partial charge is 0.459 e. The molecular formula is C25H26N4O5S. The Kier molecular flexibility index (Phi) is 7.71. The van der Waals surface area contributed by atoms with E-state index in [9.17, 15) is 19.7 Å². The van der Waals surface area contributed by atoms with Crippen LogP contribution in [0.5, 0.6) is 0 Å². The summed E-state index contributed by atoms with van der Waals surface area (Å²) < 4.78 is 5.47. The minimum absolute atomic E-state index is 0.0548. The van der Waals surface area contributed by atoms with Gasteiger partial charge in [0, 0.05) is 30.2 Å². The molecular weight excluding hydrogens is 468 g/mol. The molecule has 1 fully saturated rings. The summed E-state index contributed by atoms with van der Waals surface area (Å²) in [5, 5.41) is 16.6. The third-order valence-corrected chi connectivity index (χ3v) is 6.75. The lowest BCUT2D eigenvalue weighted by Crippen LogP contribution is -2.37. The number of hydrogen-bond acceptors (Lipinski definition) is 8. The van der Waals surface area contributed by atoms with Crippen LogP contribution in [-0.2, 0) is 27.4 Å². The first-order valence-corrected chi connectivity index (χ1v) is 12.2. The molecule has 0 bridgehead atoms. The third-order valence-electron chi connectivity index (χ3n) is 5.86. The molecule has 1 aliphatic heterocycles. The number of nitro groups is 1. The number of nitro benzene ring substituents is 1. The van der Waals surface area contributed by atoms with Crippen molar-refractivity contribution in [1.82, 2.24) is 4.98 Å². The quantitative estimate of drug-likeness (QED) is 0.278. The highest BCUT2D eigenvalue weighted by molar-refractivity contribution is 7.09. The van der Waals surface area contributed by atoms with Gasteiger partial charge in [0.05, 0.1) is 23.0 Å². The highest BCUT2D eigenvalue weighted by Gasteiger charge is 2.29. The Morgan fingerprint density at radius 2 is 1.89 bits per heavy atom. The van der Waals surface area contributed by atoms with E-state index in [4.69, 9.17) is 4.74 Å². The van der Waals surface area contributed by atoms with Crippen LogP contribution in [0.2, 0.25) is 0 Å². The first-order valence-electron chi connectivity index (χ1n) is 11.3. The number of piperidine rings is 1. The average Bonchev–Trinajstić information content (AvgIpc) is 3.31. The number of para-hydroxylation sites is 2. The number of rotatable bonds is 8. The molecule has 0 spiro atoms. The van der Waals surface area contributed by atoms with Gasteiger partial charge in [-0.15, -0.1) is 11.3 Å². The Morgan fingerprint density at radius 1 is 1.17 bits per heavy atom. The standard InChI is InChI=1S/C25H26N4O5S/c1-17-6-8-19(9-7-17)26-23(30)14-24-27-20(16-35-24)15-34-25(31)18-10-12-28(13-11-18)21-4-2-3-5-22(21)29(32)33/h2-9,16,18H,10-15H2,1H3,(H,26,30). The molecule has 1 aromatic heterocycles. The number of nitrogens with zero attached hydrogens (tertiary/aromatic N) is 3. The van der Waals surface area contributed by atoms with Gasteiger partial charge in [-0.25, -0.2) is 4.98 Å². The number of aromatic nitrogens is 1. The highest BCUT2D eigenvalue weighted by Crippen LogP contribution is 2.31. The minimum Gasteiger partial charge on any atom is -0.459 e. The van der Waals surface area contributed by atoms with Crippen LogP contribution in [0.15, 0.2) is 53.9 Å². The van der Waals surface area contributed by atoms with E-state index in [2.05, 4.69) is 10.3 Å². The summed E-state index contributed by atoms with van der Waals surface area (Å²) >= 11 is 1.35. The van der Waals surface area contributed by atoms with Crippen molar-refractivity contribution < 1.29 is 19.2 Å². The summed E-state index contributed by atoms with van der Waals surface area (Å²) in [4.78, 5) is 42.1. The van der Waals surface area contributed by atoms with Gasteiger partial charge in [0.2, 0.25) is 5.91 Å². The van der Waals surface area contributed by atoms with E-state index >= 15 is 0 Å². The van der Waals surface area contributed by atoms with Crippen LogP contribution in [0.1, 0.15) is 29.1 Å². The molecule has 182 valence electrons. The minimum atomic E-state index is -0.385. The maximum absolute atomic E-state index is 12.6. The average molecular weight is 495 g/mol. The number of thiazole rings is 1. The van der Waals surface area contributed by atoms with Crippen molar-refractivity contribution in [2.75, 3.05) is 23.3 Å². The second-order valence-electron chi connectivity index (χ2n) is 8.44. The van der Waals surface area contributed by atoms with Gasteiger partial charge in [0.15, 0.2) is 0 Å². The van der Waals surface area contributed by atoms with Crippen LogP contribution in [0, 0.1) is 23.0 Å². The van der Waals surface area contributed by atoms with Gasteiger partial charge in [-0.05, 0) is 38.0 Å². The lowest BCUT2D eigenvalue weighted by Gasteiger charge is -2.32. The summed E-state index contributed by atoms with van der Waals surface area (Å²) in [6.07, 6.45) is 1.27. The Morgan fingerprint density at radius 3 is 2.60 bits per heavy atom. The molecule has 0 saturated carbocycles. The van der Waals surface area contributed by atoms with E-state index in [1.54, 1.807) is 23.6 Å². The van der Waals surface area contributed by atoms with E-state index < -0.39 is 0 Å². The van der Waals surface area contributed by atoms with Gasteiger partial charge < -0.3 is 15.0 Å². The van der Waals surface area contributed by atoms with Crippen LogP contribution < -0.4 is 10.2 Å². The number of carbonyl (C=O) groups excluding carboxylic acids is 2. The van der Waals surface area contributed by atoms with Crippen LogP contribution in [0.4, 0.5) is 17.1 Å². The van der Waals surface area contributed by atoms with Crippen molar-refractivity contribution >= 4 is 40.3 Å². The Labute approximate surface area is 206 Å². The molecule has 10 heteroatoms. The second kappa shape index (κ2) is 11.1. The molecule has 0 atom stereocenters. The normalized spacial score (nSPS) is 13.9. The maximum atomic E-state index is 12.6. The van der Waals surface area contributed by atoms with Crippen molar-refractivity contribution in [2.24, 2.45) is 5.92 Å². The van der Waals surface area contributed by atoms with Crippen LogP contribution >= 0.6 is 11.3 Å². The fraction of sp³-hybridized carbons (Fsp3) is 0.320. The summed E-state index contributed by atoms with van der Waals surface area (Å²) in [7, 11) is 0. The summed E-state index contributed by atoms with van der Waals surface area (Å²) in [6.45, 7) is 3.12. The molecule has 0 unspecified atom stereocenters. The lowest BCUT2D eigenvalue weighted by atomic mass is 9.96. The molecule has 1 aliphatic rings. The Hall–Kier alpha value is -3.79.